The number of hydrogen-bond acceptors (Lipinski definition) is 5. The number of H-pyrrole nitrogens is 1. The fourth-order valence-electron chi connectivity index (χ4n) is 4.92. The molecule has 0 bridgehead atoms. The van der Waals surface area contributed by atoms with Crippen molar-refractivity contribution in [1.82, 2.24) is 24.8 Å². The third-order valence-corrected chi connectivity index (χ3v) is 6.90. The number of amides is 2. The quantitative estimate of drug-likeness (QED) is 0.649. The second-order valence-electron chi connectivity index (χ2n) is 8.96. The van der Waals surface area contributed by atoms with E-state index < -0.39 is 0 Å². The molecule has 2 amide bonds. The van der Waals surface area contributed by atoms with Crippen LogP contribution < -0.4 is 4.74 Å². The summed E-state index contributed by atoms with van der Waals surface area (Å²) >= 11 is 0. The maximum atomic E-state index is 13.1. The highest BCUT2D eigenvalue weighted by Gasteiger charge is 2.35. The number of fused-ring (bicyclic) bond motifs is 1. The van der Waals surface area contributed by atoms with Crippen LogP contribution in [-0.4, -0.2) is 69.9 Å². The summed E-state index contributed by atoms with van der Waals surface area (Å²) < 4.78 is 5.17. The number of ether oxygens (including phenoxy) is 1. The van der Waals surface area contributed by atoms with Crippen molar-refractivity contribution in [2.24, 2.45) is 5.92 Å². The molecule has 2 fully saturated rings. The molecular formula is C25H29N5O3. The third kappa shape index (κ3) is 4.55. The summed E-state index contributed by atoms with van der Waals surface area (Å²) in [5.41, 5.74) is 2.82. The predicted octanol–water partition coefficient (Wildman–Crippen LogP) is 2.76. The predicted molar refractivity (Wildman–Crippen MR) is 124 cm³/mol. The highest BCUT2D eigenvalue weighted by molar-refractivity contribution is 5.81. The van der Waals surface area contributed by atoms with Gasteiger partial charge in [0.15, 0.2) is 0 Å². The van der Waals surface area contributed by atoms with Gasteiger partial charge < -0.3 is 19.5 Å². The van der Waals surface area contributed by atoms with Crippen molar-refractivity contribution in [2.45, 2.75) is 31.6 Å². The Morgan fingerprint density at radius 2 is 1.82 bits per heavy atom. The first-order valence-corrected chi connectivity index (χ1v) is 11.6. The molecule has 2 aliphatic heterocycles. The molecule has 4 heterocycles. The van der Waals surface area contributed by atoms with Gasteiger partial charge in [-0.05, 0) is 43.0 Å². The number of aromatic nitrogens is 3. The molecule has 3 aromatic rings. The van der Waals surface area contributed by atoms with Crippen molar-refractivity contribution in [3.05, 3.63) is 54.1 Å². The normalized spacial score (nSPS) is 19.2. The van der Waals surface area contributed by atoms with Crippen molar-refractivity contribution in [3.8, 4) is 5.75 Å². The highest BCUT2D eigenvalue weighted by Crippen LogP contribution is 2.29. The zero-order valence-electron chi connectivity index (χ0n) is 18.9. The number of likely N-dealkylation sites (tertiary alicyclic amines) is 2. The van der Waals surface area contributed by atoms with E-state index in [9.17, 15) is 9.59 Å². The molecule has 2 aliphatic rings. The van der Waals surface area contributed by atoms with E-state index in [-0.39, 0.29) is 23.7 Å². The largest absolute Gasteiger partial charge is 0.497 e. The average Bonchev–Trinajstić information content (AvgIpc) is 3.51. The molecule has 1 unspecified atom stereocenters. The molecule has 0 radical (unpaired) electrons. The van der Waals surface area contributed by atoms with E-state index in [2.05, 4.69) is 15.0 Å². The van der Waals surface area contributed by atoms with Gasteiger partial charge in [-0.15, -0.1) is 0 Å². The second-order valence-corrected chi connectivity index (χ2v) is 8.96. The summed E-state index contributed by atoms with van der Waals surface area (Å²) in [6.45, 7) is 2.73. The lowest BCUT2D eigenvalue weighted by Gasteiger charge is -2.33. The highest BCUT2D eigenvalue weighted by atomic mass is 16.5. The zero-order chi connectivity index (χ0) is 22.8. The molecule has 2 saturated heterocycles. The van der Waals surface area contributed by atoms with Gasteiger partial charge >= 0.3 is 0 Å². The van der Waals surface area contributed by atoms with Crippen LogP contribution in [0.1, 0.15) is 36.6 Å². The molecule has 0 spiro atoms. The minimum absolute atomic E-state index is 0.00587. The van der Waals surface area contributed by atoms with Gasteiger partial charge in [-0.3, -0.25) is 14.6 Å². The Morgan fingerprint density at radius 1 is 1.06 bits per heavy atom. The molecule has 0 saturated carbocycles. The molecular weight excluding hydrogens is 418 g/mol. The maximum Gasteiger partial charge on any atom is 0.226 e. The first kappa shape index (κ1) is 21.4. The first-order valence-electron chi connectivity index (χ1n) is 11.6. The summed E-state index contributed by atoms with van der Waals surface area (Å²) in [5.74, 6) is 2.28. The van der Waals surface area contributed by atoms with Crippen LogP contribution in [0, 0.1) is 5.92 Å². The van der Waals surface area contributed by atoms with Crippen LogP contribution in [0.4, 0.5) is 0 Å². The van der Waals surface area contributed by atoms with E-state index in [1.165, 1.54) is 0 Å². The van der Waals surface area contributed by atoms with E-state index >= 15 is 0 Å². The maximum absolute atomic E-state index is 13.1. The van der Waals surface area contributed by atoms with Crippen LogP contribution in [-0.2, 0) is 16.0 Å². The number of pyridine rings is 1. The first-order chi connectivity index (χ1) is 16.1. The number of benzene rings is 1. The Hall–Kier alpha value is -3.42. The molecule has 1 atom stereocenters. The Bertz CT molecular complexity index is 1100. The van der Waals surface area contributed by atoms with E-state index in [1.54, 1.807) is 19.5 Å². The number of carbonyl (C=O) groups excluding carboxylic acids is 2. The number of piperidine rings is 1. The van der Waals surface area contributed by atoms with Gasteiger partial charge in [-0.1, -0.05) is 12.1 Å². The van der Waals surface area contributed by atoms with Crippen LogP contribution in [0.15, 0.2) is 42.7 Å². The number of nitrogens with zero attached hydrogens (tertiary/aromatic N) is 4. The Morgan fingerprint density at radius 3 is 2.55 bits per heavy atom. The Balaban J connectivity index is 1.12. The summed E-state index contributed by atoms with van der Waals surface area (Å²) in [6.07, 6.45) is 6.27. The van der Waals surface area contributed by atoms with Crippen molar-refractivity contribution in [1.29, 1.82) is 0 Å². The third-order valence-electron chi connectivity index (χ3n) is 6.90. The molecule has 1 N–H and O–H groups in total. The molecule has 172 valence electrons. The van der Waals surface area contributed by atoms with Gasteiger partial charge in [0.25, 0.3) is 0 Å². The minimum Gasteiger partial charge on any atom is -0.497 e. The summed E-state index contributed by atoms with van der Waals surface area (Å²) in [6, 6.07) is 9.50. The second kappa shape index (κ2) is 9.21. The summed E-state index contributed by atoms with van der Waals surface area (Å²) in [4.78, 5) is 41.9. The van der Waals surface area contributed by atoms with Gasteiger partial charge in [0.1, 0.15) is 11.6 Å². The van der Waals surface area contributed by atoms with Crippen molar-refractivity contribution < 1.29 is 14.3 Å². The molecule has 5 rings (SSSR count). The van der Waals surface area contributed by atoms with Gasteiger partial charge in [0, 0.05) is 44.2 Å². The van der Waals surface area contributed by atoms with E-state index in [4.69, 9.17) is 4.74 Å². The van der Waals surface area contributed by atoms with E-state index in [0.717, 1.165) is 54.0 Å². The smallest absolute Gasteiger partial charge is 0.226 e. The van der Waals surface area contributed by atoms with Crippen molar-refractivity contribution >= 4 is 22.8 Å². The van der Waals surface area contributed by atoms with E-state index in [0.29, 0.717) is 26.1 Å². The monoisotopic (exact) mass is 447 g/mol. The summed E-state index contributed by atoms with van der Waals surface area (Å²) in [5, 5.41) is 0. The number of imidazole rings is 1. The summed E-state index contributed by atoms with van der Waals surface area (Å²) in [7, 11) is 1.63. The van der Waals surface area contributed by atoms with Crippen LogP contribution in [0.5, 0.6) is 5.75 Å². The van der Waals surface area contributed by atoms with Gasteiger partial charge in [-0.25, -0.2) is 4.98 Å². The average molecular weight is 448 g/mol. The fourth-order valence-corrected chi connectivity index (χ4v) is 4.92. The fraction of sp³-hybridized carbons (Fsp3) is 0.440. The van der Waals surface area contributed by atoms with Crippen LogP contribution in [0.2, 0.25) is 0 Å². The zero-order valence-corrected chi connectivity index (χ0v) is 18.9. The Labute approximate surface area is 193 Å². The number of nitrogens with one attached hydrogen (secondary N) is 1. The molecule has 8 heteroatoms. The standard InChI is InChI=1S/C25H29N5O3/c1-33-20-4-2-17(3-5-20)14-23(31)29-11-7-18(8-12-29)25(32)30-13-9-19(16-30)24-27-21-6-10-26-15-22(21)28-24/h2-6,10,15,18-19H,7-9,11-14,16H2,1H3,(H,27,28). The van der Waals surface area contributed by atoms with Gasteiger partial charge in [0.05, 0.1) is 30.8 Å². The number of methoxy groups -OCH3 is 1. The number of carbonyl (C=O) groups is 2. The lowest BCUT2D eigenvalue weighted by atomic mass is 9.95. The number of aromatic amines is 1. The SMILES string of the molecule is COc1ccc(CC(=O)N2CCC(C(=O)N3CCC(c4nc5ccncc5[nH]4)C3)CC2)cc1. The lowest BCUT2D eigenvalue weighted by Crippen LogP contribution is -2.44. The van der Waals surface area contributed by atoms with E-state index in [1.807, 2.05) is 40.1 Å². The van der Waals surface area contributed by atoms with Gasteiger partial charge in [0.2, 0.25) is 11.8 Å². The molecule has 2 aromatic heterocycles. The Kier molecular flexibility index (Phi) is 5.98. The molecule has 8 nitrogen and oxygen atoms in total. The van der Waals surface area contributed by atoms with Crippen LogP contribution in [0.3, 0.4) is 0 Å². The number of hydrogen-bond donors (Lipinski definition) is 1. The van der Waals surface area contributed by atoms with Crippen molar-refractivity contribution in [2.75, 3.05) is 33.3 Å². The molecule has 33 heavy (non-hydrogen) atoms. The topological polar surface area (TPSA) is 91.4 Å². The van der Waals surface area contributed by atoms with Crippen LogP contribution >= 0.6 is 0 Å². The van der Waals surface area contributed by atoms with Crippen molar-refractivity contribution in [3.63, 3.8) is 0 Å². The lowest BCUT2D eigenvalue weighted by molar-refractivity contribution is -0.139. The number of rotatable bonds is 5. The van der Waals surface area contributed by atoms with Crippen LogP contribution in [0.25, 0.3) is 11.0 Å². The van der Waals surface area contributed by atoms with Gasteiger partial charge in [-0.2, -0.15) is 0 Å². The molecule has 0 aliphatic carbocycles. The molecule has 1 aromatic carbocycles. The minimum atomic E-state index is -0.00587.